The number of carbonyl (C=O) groups excluding carboxylic acids is 1. The number of ether oxygens (including phenoxy) is 1. The highest BCUT2D eigenvalue weighted by Gasteiger charge is 2.26. The van der Waals surface area contributed by atoms with Crippen LogP contribution in [0.1, 0.15) is 11.1 Å². The van der Waals surface area contributed by atoms with Gasteiger partial charge in [0.1, 0.15) is 17.6 Å². The maximum atomic E-state index is 12.5. The molecule has 0 amide bonds. The third-order valence-corrected chi connectivity index (χ3v) is 3.61. The Balaban J connectivity index is 1.92. The number of benzene rings is 2. The molecular formula is C18H10O4. The first-order chi connectivity index (χ1) is 10.7. The van der Waals surface area contributed by atoms with Gasteiger partial charge < -0.3 is 9.15 Å². The molecule has 0 saturated carbocycles. The second-order valence-corrected chi connectivity index (χ2v) is 4.96. The summed E-state index contributed by atoms with van der Waals surface area (Å²) < 4.78 is 10.6. The van der Waals surface area contributed by atoms with Crippen LogP contribution in [0.15, 0.2) is 64.0 Å². The van der Waals surface area contributed by atoms with Crippen molar-refractivity contribution < 1.29 is 13.9 Å². The van der Waals surface area contributed by atoms with E-state index in [2.05, 4.69) is 0 Å². The molecule has 1 aromatic heterocycles. The molecule has 0 N–H and O–H groups in total. The van der Waals surface area contributed by atoms with Crippen molar-refractivity contribution >= 4 is 28.6 Å². The molecule has 106 valence electrons. The van der Waals surface area contributed by atoms with Crippen LogP contribution in [0.25, 0.3) is 22.6 Å². The fourth-order valence-electron chi connectivity index (χ4n) is 2.53. The van der Waals surface area contributed by atoms with Crippen LogP contribution >= 0.6 is 0 Å². The molecule has 4 rings (SSSR count). The molecule has 4 nitrogen and oxygen atoms in total. The number of para-hydroxylation sites is 2. The number of rotatable bonds is 1. The molecule has 3 aromatic rings. The van der Waals surface area contributed by atoms with Crippen LogP contribution in [-0.4, -0.2) is 5.97 Å². The van der Waals surface area contributed by atoms with Gasteiger partial charge in [0, 0.05) is 5.56 Å². The summed E-state index contributed by atoms with van der Waals surface area (Å²) in [7, 11) is 0. The fraction of sp³-hybridized carbons (Fsp3) is 0. The SMILES string of the molecule is O=C1Oc2ccccc2/C1=C\c1coc2ccccc2c1=O. The first-order valence-electron chi connectivity index (χ1n) is 6.78. The van der Waals surface area contributed by atoms with Gasteiger partial charge in [-0.2, -0.15) is 0 Å². The van der Waals surface area contributed by atoms with E-state index in [1.54, 1.807) is 42.5 Å². The lowest BCUT2D eigenvalue weighted by molar-refractivity contribution is -0.126. The Kier molecular flexibility index (Phi) is 2.69. The lowest BCUT2D eigenvalue weighted by Crippen LogP contribution is -2.06. The number of carbonyl (C=O) groups is 1. The summed E-state index contributed by atoms with van der Waals surface area (Å²) in [4.78, 5) is 24.5. The normalized spacial score (nSPS) is 15.1. The van der Waals surface area contributed by atoms with E-state index in [0.29, 0.717) is 33.4 Å². The van der Waals surface area contributed by atoms with Gasteiger partial charge in [-0.15, -0.1) is 0 Å². The quantitative estimate of drug-likeness (QED) is 0.392. The zero-order chi connectivity index (χ0) is 15.1. The Morgan fingerprint density at radius 3 is 2.59 bits per heavy atom. The molecule has 0 atom stereocenters. The first-order valence-corrected chi connectivity index (χ1v) is 6.78. The Morgan fingerprint density at radius 2 is 1.68 bits per heavy atom. The maximum Gasteiger partial charge on any atom is 0.344 e. The van der Waals surface area contributed by atoms with E-state index in [1.807, 2.05) is 6.07 Å². The van der Waals surface area contributed by atoms with Crippen molar-refractivity contribution in [2.75, 3.05) is 0 Å². The van der Waals surface area contributed by atoms with Gasteiger partial charge >= 0.3 is 5.97 Å². The highest BCUT2D eigenvalue weighted by molar-refractivity contribution is 6.26. The molecule has 0 bridgehead atoms. The lowest BCUT2D eigenvalue weighted by atomic mass is 10.0. The molecule has 0 radical (unpaired) electrons. The van der Waals surface area contributed by atoms with Gasteiger partial charge in [-0.3, -0.25) is 4.79 Å². The van der Waals surface area contributed by atoms with Crippen molar-refractivity contribution in [2.45, 2.75) is 0 Å². The van der Waals surface area contributed by atoms with Crippen LogP contribution in [0.5, 0.6) is 5.75 Å². The average Bonchev–Trinajstić information content (AvgIpc) is 2.86. The molecule has 0 aliphatic carbocycles. The van der Waals surface area contributed by atoms with Crippen molar-refractivity contribution in [1.82, 2.24) is 0 Å². The molecule has 4 heteroatoms. The van der Waals surface area contributed by atoms with E-state index in [0.717, 1.165) is 0 Å². The molecular weight excluding hydrogens is 280 g/mol. The number of hydrogen-bond donors (Lipinski definition) is 0. The summed E-state index contributed by atoms with van der Waals surface area (Å²) in [5.41, 5.74) is 1.70. The zero-order valence-electron chi connectivity index (χ0n) is 11.4. The van der Waals surface area contributed by atoms with Crippen LogP contribution in [-0.2, 0) is 4.79 Å². The maximum absolute atomic E-state index is 12.5. The smallest absolute Gasteiger partial charge is 0.344 e. The van der Waals surface area contributed by atoms with Crippen LogP contribution in [0.2, 0.25) is 0 Å². The highest BCUT2D eigenvalue weighted by Crippen LogP contribution is 2.34. The summed E-state index contributed by atoms with van der Waals surface area (Å²) in [5.74, 6) is 0.0395. The van der Waals surface area contributed by atoms with E-state index in [4.69, 9.17) is 9.15 Å². The molecule has 0 unspecified atom stereocenters. The summed E-state index contributed by atoms with van der Waals surface area (Å²) in [6, 6.07) is 14.1. The Labute approximate surface area is 125 Å². The van der Waals surface area contributed by atoms with Crippen LogP contribution in [0.3, 0.4) is 0 Å². The second kappa shape index (κ2) is 4.70. The third kappa shape index (κ3) is 1.85. The highest BCUT2D eigenvalue weighted by atomic mass is 16.5. The van der Waals surface area contributed by atoms with Crippen molar-refractivity contribution in [1.29, 1.82) is 0 Å². The Morgan fingerprint density at radius 1 is 0.909 bits per heavy atom. The second-order valence-electron chi connectivity index (χ2n) is 4.96. The van der Waals surface area contributed by atoms with E-state index in [1.165, 1.54) is 12.3 Å². The number of esters is 1. The van der Waals surface area contributed by atoms with E-state index in [9.17, 15) is 9.59 Å². The minimum Gasteiger partial charge on any atom is -0.463 e. The molecule has 0 fully saturated rings. The van der Waals surface area contributed by atoms with Gasteiger partial charge in [0.25, 0.3) is 0 Å². The summed E-state index contributed by atoms with van der Waals surface area (Å²) >= 11 is 0. The summed E-state index contributed by atoms with van der Waals surface area (Å²) in [6.07, 6.45) is 2.89. The molecule has 0 saturated heterocycles. The molecule has 2 aromatic carbocycles. The molecule has 2 heterocycles. The minimum absolute atomic E-state index is 0.175. The fourth-order valence-corrected chi connectivity index (χ4v) is 2.53. The summed E-state index contributed by atoms with van der Waals surface area (Å²) in [5, 5.41) is 0.483. The first kappa shape index (κ1) is 12.6. The molecule has 1 aliphatic rings. The van der Waals surface area contributed by atoms with E-state index in [-0.39, 0.29) is 5.43 Å². The monoisotopic (exact) mass is 290 g/mol. The van der Waals surface area contributed by atoms with Gasteiger partial charge in [-0.25, -0.2) is 4.79 Å². The Hall–Kier alpha value is -3.14. The number of fused-ring (bicyclic) bond motifs is 2. The molecule has 0 spiro atoms. The summed E-state index contributed by atoms with van der Waals surface area (Å²) in [6.45, 7) is 0. The topological polar surface area (TPSA) is 56.5 Å². The minimum atomic E-state index is -0.464. The van der Waals surface area contributed by atoms with Gasteiger partial charge in [0.2, 0.25) is 0 Å². The number of hydrogen-bond acceptors (Lipinski definition) is 4. The van der Waals surface area contributed by atoms with Gasteiger partial charge in [0.05, 0.1) is 16.5 Å². The van der Waals surface area contributed by atoms with Gasteiger partial charge in [-0.05, 0) is 24.3 Å². The van der Waals surface area contributed by atoms with Gasteiger partial charge in [0.15, 0.2) is 5.43 Å². The standard InChI is InChI=1S/C18H10O4/c19-17-11(10-21-15-7-3-2-6-13(15)17)9-14-12-5-1-4-8-16(12)22-18(14)20/h1-10H/b14-9+. The van der Waals surface area contributed by atoms with Crippen LogP contribution in [0, 0.1) is 0 Å². The lowest BCUT2D eigenvalue weighted by Gasteiger charge is -1.99. The zero-order valence-corrected chi connectivity index (χ0v) is 11.4. The van der Waals surface area contributed by atoms with Crippen molar-refractivity contribution in [3.05, 3.63) is 76.1 Å². The van der Waals surface area contributed by atoms with Crippen molar-refractivity contribution in [3.63, 3.8) is 0 Å². The third-order valence-electron chi connectivity index (χ3n) is 3.61. The van der Waals surface area contributed by atoms with E-state index >= 15 is 0 Å². The predicted octanol–water partition coefficient (Wildman–Crippen LogP) is 3.25. The Bertz CT molecular complexity index is 995. The van der Waals surface area contributed by atoms with Gasteiger partial charge in [-0.1, -0.05) is 30.3 Å². The van der Waals surface area contributed by atoms with Crippen molar-refractivity contribution in [2.24, 2.45) is 0 Å². The average molecular weight is 290 g/mol. The molecule has 1 aliphatic heterocycles. The van der Waals surface area contributed by atoms with Crippen molar-refractivity contribution in [3.8, 4) is 5.75 Å². The largest absolute Gasteiger partial charge is 0.463 e. The van der Waals surface area contributed by atoms with Crippen LogP contribution in [0.4, 0.5) is 0 Å². The van der Waals surface area contributed by atoms with E-state index < -0.39 is 5.97 Å². The molecule has 22 heavy (non-hydrogen) atoms. The van der Waals surface area contributed by atoms with Crippen LogP contribution < -0.4 is 10.2 Å². The predicted molar refractivity (Wildman–Crippen MR) is 82.4 cm³/mol.